The molecule has 0 aromatic heterocycles. The predicted molar refractivity (Wildman–Crippen MR) is 69.0 cm³/mol. The second kappa shape index (κ2) is 6.26. The Bertz CT molecular complexity index is 299. The quantitative estimate of drug-likeness (QED) is 0.890. The summed E-state index contributed by atoms with van der Waals surface area (Å²) in [5, 5.41) is 0. The number of rotatable bonds is 5. The lowest BCUT2D eigenvalue weighted by Gasteiger charge is -2.18. The van der Waals surface area contributed by atoms with Crippen molar-refractivity contribution in [1.82, 2.24) is 4.90 Å². The molecule has 0 amide bonds. The number of hydrogen-bond acceptors (Lipinski definition) is 2. The lowest BCUT2D eigenvalue weighted by molar-refractivity contribution is 0.321. The van der Waals surface area contributed by atoms with Crippen LogP contribution in [0.5, 0.6) is 0 Å². The third kappa shape index (κ3) is 5.30. The first-order valence-corrected chi connectivity index (χ1v) is 6.06. The largest absolute Gasteiger partial charge is 0.327 e. The number of nitrogens with two attached hydrogens (primary N) is 1. The van der Waals surface area contributed by atoms with Gasteiger partial charge in [-0.25, -0.2) is 0 Å². The van der Waals surface area contributed by atoms with Crippen molar-refractivity contribution in [3.05, 3.63) is 34.3 Å². The molecule has 0 fully saturated rings. The summed E-state index contributed by atoms with van der Waals surface area (Å²) in [7, 11) is 2.11. The van der Waals surface area contributed by atoms with Crippen molar-refractivity contribution in [2.24, 2.45) is 5.73 Å². The summed E-state index contributed by atoms with van der Waals surface area (Å²) < 4.78 is 1.15. The minimum atomic E-state index is 0.248. The van der Waals surface area contributed by atoms with Gasteiger partial charge in [-0.3, -0.25) is 0 Å². The van der Waals surface area contributed by atoms with Crippen molar-refractivity contribution in [3.63, 3.8) is 0 Å². The van der Waals surface area contributed by atoms with Gasteiger partial charge in [0.25, 0.3) is 0 Å². The Morgan fingerprint density at radius 1 is 1.47 bits per heavy atom. The second-order valence-corrected chi connectivity index (χ2v) is 5.04. The Balaban J connectivity index is 2.36. The molecule has 0 radical (unpaired) electrons. The fourth-order valence-corrected chi connectivity index (χ4v) is 2.04. The monoisotopic (exact) mass is 270 g/mol. The summed E-state index contributed by atoms with van der Waals surface area (Å²) in [5.74, 6) is 0. The standard InChI is InChI=1S/C12H19BrN2/c1-10(14)9-15(2)7-6-11-4-3-5-12(13)8-11/h3-5,8,10H,6-7,9,14H2,1-2H3. The van der Waals surface area contributed by atoms with Crippen LogP contribution in [-0.4, -0.2) is 31.1 Å². The molecule has 84 valence electrons. The molecule has 0 aliphatic heterocycles. The Hall–Kier alpha value is -0.380. The van der Waals surface area contributed by atoms with Crippen LogP contribution in [0.15, 0.2) is 28.7 Å². The van der Waals surface area contributed by atoms with E-state index in [0.29, 0.717) is 0 Å². The molecule has 0 heterocycles. The van der Waals surface area contributed by atoms with Crippen LogP contribution in [0, 0.1) is 0 Å². The van der Waals surface area contributed by atoms with E-state index < -0.39 is 0 Å². The molecule has 0 saturated heterocycles. The lowest BCUT2D eigenvalue weighted by Crippen LogP contribution is -2.34. The van der Waals surface area contributed by atoms with Crippen molar-refractivity contribution in [2.75, 3.05) is 20.1 Å². The van der Waals surface area contributed by atoms with Gasteiger partial charge in [-0.2, -0.15) is 0 Å². The maximum absolute atomic E-state index is 5.74. The van der Waals surface area contributed by atoms with Gasteiger partial charge < -0.3 is 10.6 Å². The lowest BCUT2D eigenvalue weighted by atomic mass is 10.1. The highest BCUT2D eigenvalue weighted by Crippen LogP contribution is 2.12. The fraction of sp³-hybridized carbons (Fsp3) is 0.500. The van der Waals surface area contributed by atoms with E-state index in [1.807, 2.05) is 6.92 Å². The minimum absolute atomic E-state index is 0.248. The van der Waals surface area contributed by atoms with Crippen LogP contribution in [0.3, 0.4) is 0 Å². The fourth-order valence-electron chi connectivity index (χ4n) is 1.60. The van der Waals surface area contributed by atoms with E-state index in [-0.39, 0.29) is 6.04 Å². The average molecular weight is 271 g/mol. The Kier molecular flexibility index (Phi) is 5.29. The molecule has 2 N–H and O–H groups in total. The zero-order valence-electron chi connectivity index (χ0n) is 9.41. The van der Waals surface area contributed by atoms with Crippen LogP contribution >= 0.6 is 15.9 Å². The summed E-state index contributed by atoms with van der Waals surface area (Å²) in [6.07, 6.45) is 1.07. The molecule has 1 aromatic rings. The van der Waals surface area contributed by atoms with E-state index in [2.05, 4.69) is 52.1 Å². The van der Waals surface area contributed by atoms with Crippen molar-refractivity contribution < 1.29 is 0 Å². The SMILES string of the molecule is CC(N)CN(C)CCc1cccc(Br)c1. The van der Waals surface area contributed by atoms with Crippen LogP contribution in [0.25, 0.3) is 0 Å². The normalized spacial score (nSPS) is 13.1. The molecule has 3 heteroatoms. The molecule has 0 spiro atoms. The second-order valence-electron chi connectivity index (χ2n) is 4.12. The summed E-state index contributed by atoms with van der Waals surface area (Å²) in [6, 6.07) is 8.70. The Morgan fingerprint density at radius 2 is 2.20 bits per heavy atom. The number of halogens is 1. The van der Waals surface area contributed by atoms with E-state index in [9.17, 15) is 0 Å². The molecule has 0 aliphatic rings. The van der Waals surface area contributed by atoms with Crippen LogP contribution in [0.2, 0.25) is 0 Å². The van der Waals surface area contributed by atoms with Crippen molar-refractivity contribution >= 4 is 15.9 Å². The van der Waals surface area contributed by atoms with Crippen molar-refractivity contribution in [1.29, 1.82) is 0 Å². The number of hydrogen-bond donors (Lipinski definition) is 1. The Labute approximate surface area is 101 Å². The highest BCUT2D eigenvalue weighted by molar-refractivity contribution is 9.10. The van der Waals surface area contributed by atoms with Gasteiger partial charge >= 0.3 is 0 Å². The highest BCUT2D eigenvalue weighted by Gasteiger charge is 2.02. The smallest absolute Gasteiger partial charge is 0.0178 e. The summed E-state index contributed by atoms with van der Waals surface area (Å²) in [4.78, 5) is 2.27. The van der Waals surface area contributed by atoms with Crippen LogP contribution in [0.1, 0.15) is 12.5 Å². The predicted octanol–water partition coefficient (Wildman–Crippen LogP) is 2.27. The third-order valence-corrected chi connectivity index (χ3v) is 2.76. The minimum Gasteiger partial charge on any atom is -0.327 e. The average Bonchev–Trinajstić information content (AvgIpc) is 2.14. The van der Waals surface area contributed by atoms with E-state index in [4.69, 9.17) is 5.73 Å². The molecule has 0 aliphatic carbocycles. The summed E-state index contributed by atoms with van der Waals surface area (Å²) >= 11 is 3.48. The molecule has 1 rings (SSSR count). The first-order chi connectivity index (χ1) is 7.08. The zero-order valence-corrected chi connectivity index (χ0v) is 11.0. The topological polar surface area (TPSA) is 29.3 Å². The maximum Gasteiger partial charge on any atom is 0.0178 e. The number of nitrogens with zero attached hydrogens (tertiary/aromatic N) is 1. The summed E-state index contributed by atoms with van der Waals surface area (Å²) in [5.41, 5.74) is 7.10. The van der Waals surface area contributed by atoms with Gasteiger partial charge in [0.1, 0.15) is 0 Å². The molecule has 0 bridgehead atoms. The highest BCUT2D eigenvalue weighted by atomic mass is 79.9. The van der Waals surface area contributed by atoms with Crippen molar-refractivity contribution in [2.45, 2.75) is 19.4 Å². The number of benzene rings is 1. The number of likely N-dealkylation sites (N-methyl/N-ethyl adjacent to an activating group) is 1. The van der Waals surface area contributed by atoms with E-state index in [0.717, 1.165) is 24.0 Å². The maximum atomic E-state index is 5.74. The van der Waals surface area contributed by atoms with Crippen molar-refractivity contribution in [3.8, 4) is 0 Å². The molecular weight excluding hydrogens is 252 g/mol. The molecule has 1 unspecified atom stereocenters. The first-order valence-electron chi connectivity index (χ1n) is 5.26. The van der Waals surface area contributed by atoms with Gasteiger partial charge in [-0.1, -0.05) is 28.1 Å². The molecule has 0 saturated carbocycles. The zero-order chi connectivity index (χ0) is 11.3. The Morgan fingerprint density at radius 3 is 2.80 bits per heavy atom. The van der Waals surface area contributed by atoms with Gasteiger partial charge in [0.2, 0.25) is 0 Å². The van der Waals surface area contributed by atoms with Gasteiger partial charge in [0.15, 0.2) is 0 Å². The third-order valence-electron chi connectivity index (χ3n) is 2.27. The first kappa shape index (κ1) is 12.7. The molecule has 1 atom stereocenters. The molecule has 15 heavy (non-hydrogen) atoms. The molecule has 2 nitrogen and oxygen atoms in total. The van der Waals surface area contributed by atoms with E-state index in [1.54, 1.807) is 0 Å². The van der Waals surface area contributed by atoms with Gasteiger partial charge in [0, 0.05) is 23.6 Å². The van der Waals surface area contributed by atoms with E-state index in [1.165, 1.54) is 5.56 Å². The van der Waals surface area contributed by atoms with Gasteiger partial charge in [-0.15, -0.1) is 0 Å². The molecule has 1 aromatic carbocycles. The van der Waals surface area contributed by atoms with Crippen LogP contribution in [0.4, 0.5) is 0 Å². The van der Waals surface area contributed by atoms with E-state index >= 15 is 0 Å². The molecular formula is C12H19BrN2. The van der Waals surface area contributed by atoms with Gasteiger partial charge in [-0.05, 0) is 38.1 Å². The van der Waals surface area contributed by atoms with Crippen LogP contribution in [-0.2, 0) is 6.42 Å². The van der Waals surface area contributed by atoms with Gasteiger partial charge in [0.05, 0.1) is 0 Å². The van der Waals surface area contributed by atoms with Crippen LogP contribution < -0.4 is 5.73 Å². The summed E-state index contributed by atoms with van der Waals surface area (Å²) in [6.45, 7) is 4.04.